The van der Waals surface area contributed by atoms with Crippen LogP contribution < -0.4 is 19.5 Å². The summed E-state index contributed by atoms with van der Waals surface area (Å²) in [5, 5.41) is 2.87. The van der Waals surface area contributed by atoms with E-state index in [2.05, 4.69) is 5.32 Å². The van der Waals surface area contributed by atoms with Gasteiger partial charge in [-0.2, -0.15) is 0 Å². The fraction of sp³-hybridized carbons (Fsp3) is 0.316. The van der Waals surface area contributed by atoms with Crippen LogP contribution >= 0.6 is 0 Å². The Morgan fingerprint density at radius 1 is 0.960 bits per heavy atom. The first-order chi connectivity index (χ1) is 12.1. The van der Waals surface area contributed by atoms with Crippen LogP contribution in [0.15, 0.2) is 42.5 Å². The lowest BCUT2D eigenvalue weighted by Gasteiger charge is -2.18. The molecule has 0 spiro atoms. The maximum absolute atomic E-state index is 12.3. The first-order valence-corrected chi connectivity index (χ1v) is 7.89. The van der Waals surface area contributed by atoms with E-state index in [1.54, 1.807) is 21.3 Å². The van der Waals surface area contributed by atoms with E-state index in [4.69, 9.17) is 14.2 Å². The maximum atomic E-state index is 12.3. The number of nitrogens with one attached hydrogen (secondary N) is 1. The molecule has 6 heteroatoms. The molecule has 2 aromatic carbocycles. The molecule has 0 unspecified atom stereocenters. The van der Waals surface area contributed by atoms with Crippen molar-refractivity contribution in [1.82, 2.24) is 4.90 Å². The number of ether oxygens (including phenoxy) is 3. The van der Waals surface area contributed by atoms with Crippen LogP contribution in [-0.4, -0.2) is 45.7 Å². The first-order valence-electron chi connectivity index (χ1n) is 7.89. The van der Waals surface area contributed by atoms with Crippen molar-refractivity contribution in [2.75, 3.05) is 40.2 Å². The van der Waals surface area contributed by atoms with Gasteiger partial charge in [-0.3, -0.25) is 9.69 Å². The third kappa shape index (κ3) is 5.12. The summed E-state index contributed by atoms with van der Waals surface area (Å²) in [5.41, 5.74) is 1.69. The zero-order chi connectivity index (χ0) is 18.2. The van der Waals surface area contributed by atoms with Crippen molar-refractivity contribution in [1.29, 1.82) is 0 Å². The zero-order valence-electron chi connectivity index (χ0n) is 15.0. The Balaban J connectivity index is 1.95. The van der Waals surface area contributed by atoms with Gasteiger partial charge in [0.2, 0.25) is 5.91 Å². The van der Waals surface area contributed by atoms with Gasteiger partial charge in [0.1, 0.15) is 5.75 Å². The normalized spacial score (nSPS) is 10.4. The molecular weight excluding hydrogens is 320 g/mol. The van der Waals surface area contributed by atoms with Gasteiger partial charge in [0, 0.05) is 6.54 Å². The molecule has 0 radical (unpaired) electrons. The number of anilines is 1. The first kappa shape index (κ1) is 18.6. The highest BCUT2D eigenvalue weighted by Crippen LogP contribution is 2.28. The molecule has 0 bridgehead atoms. The minimum Gasteiger partial charge on any atom is -0.495 e. The smallest absolute Gasteiger partial charge is 0.238 e. The summed E-state index contributed by atoms with van der Waals surface area (Å²) in [6, 6.07) is 13.1. The van der Waals surface area contributed by atoms with Gasteiger partial charge < -0.3 is 19.5 Å². The second-order valence-corrected chi connectivity index (χ2v) is 5.61. The Labute approximate surface area is 148 Å². The summed E-state index contributed by atoms with van der Waals surface area (Å²) in [5.74, 6) is 1.89. The molecule has 1 amide bonds. The average molecular weight is 344 g/mol. The molecule has 0 atom stereocenters. The largest absolute Gasteiger partial charge is 0.495 e. The minimum absolute atomic E-state index is 0.104. The fourth-order valence-electron chi connectivity index (χ4n) is 2.53. The molecule has 0 fully saturated rings. The molecule has 2 rings (SSSR count). The predicted molar refractivity (Wildman–Crippen MR) is 97.5 cm³/mol. The van der Waals surface area contributed by atoms with Crippen LogP contribution in [0.3, 0.4) is 0 Å². The van der Waals surface area contributed by atoms with Crippen LogP contribution in [0, 0.1) is 0 Å². The van der Waals surface area contributed by atoms with Crippen molar-refractivity contribution >= 4 is 11.6 Å². The number of methoxy groups -OCH3 is 3. The number of hydrogen-bond acceptors (Lipinski definition) is 5. The van der Waals surface area contributed by atoms with E-state index in [0.29, 0.717) is 29.5 Å². The van der Waals surface area contributed by atoms with E-state index in [-0.39, 0.29) is 12.5 Å². The lowest BCUT2D eigenvalue weighted by atomic mass is 10.2. The summed E-state index contributed by atoms with van der Waals surface area (Å²) >= 11 is 0. The molecule has 0 aliphatic carbocycles. The van der Waals surface area contributed by atoms with Crippen LogP contribution in [0.25, 0.3) is 0 Å². The van der Waals surface area contributed by atoms with Gasteiger partial charge in [-0.15, -0.1) is 0 Å². The van der Waals surface area contributed by atoms with Gasteiger partial charge in [-0.25, -0.2) is 0 Å². The Bertz CT molecular complexity index is 718. The predicted octanol–water partition coefficient (Wildman–Crippen LogP) is 2.78. The number of carbonyl (C=O) groups excluding carboxylic acids is 1. The molecule has 1 N–H and O–H groups in total. The standard InChI is InChI=1S/C19H24N2O4/c1-21(12-14-9-10-17(24-3)18(11-14)25-4)13-19(22)20-15-7-5-6-8-16(15)23-2/h5-11H,12-13H2,1-4H3,(H,20,22). The number of rotatable bonds is 8. The molecule has 6 nitrogen and oxygen atoms in total. The third-order valence-electron chi connectivity index (χ3n) is 3.70. The van der Waals surface area contributed by atoms with Crippen molar-refractivity contribution in [3.63, 3.8) is 0 Å². The Morgan fingerprint density at radius 3 is 2.32 bits per heavy atom. The highest BCUT2D eigenvalue weighted by Gasteiger charge is 2.11. The second kappa shape index (κ2) is 8.94. The SMILES string of the molecule is COc1ccccc1NC(=O)CN(C)Cc1ccc(OC)c(OC)c1. The summed E-state index contributed by atoms with van der Waals surface area (Å²) in [6.45, 7) is 0.867. The summed E-state index contributed by atoms with van der Waals surface area (Å²) in [4.78, 5) is 14.2. The molecule has 0 heterocycles. The third-order valence-corrected chi connectivity index (χ3v) is 3.70. The molecule has 134 valence electrons. The monoisotopic (exact) mass is 344 g/mol. The van der Waals surface area contributed by atoms with Crippen LogP contribution in [0.1, 0.15) is 5.56 Å². The number of hydrogen-bond donors (Lipinski definition) is 1. The molecule has 0 saturated heterocycles. The number of amides is 1. The lowest BCUT2D eigenvalue weighted by molar-refractivity contribution is -0.117. The van der Waals surface area contributed by atoms with E-state index in [1.807, 2.05) is 54.4 Å². The van der Waals surface area contributed by atoms with Crippen molar-refractivity contribution < 1.29 is 19.0 Å². The Kier molecular flexibility index (Phi) is 6.65. The molecule has 0 aromatic heterocycles. The van der Waals surface area contributed by atoms with Crippen LogP contribution in [0.5, 0.6) is 17.2 Å². The molecule has 0 aliphatic rings. The Morgan fingerprint density at radius 2 is 1.64 bits per heavy atom. The number of para-hydroxylation sites is 2. The van der Waals surface area contributed by atoms with Gasteiger partial charge in [0.05, 0.1) is 33.6 Å². The zero-order valence-corrected chi connectivity index (χ0v) is 15.0. The van der Waals surface area contributed by atoms with Gasteiger partial charge in [-0.05, 0) is 36.9 Å². The summed E-state index contributed by atoms with van der Waals surface area (Å²) < 4.78 is 15.8. The van der Waals surface area contributed by atoms with Crippen molar-refractivity contribution in [2.24, 2.45) is 0 Å². The Hall–Kier alpha value is -2.73. The summed E-state index contributed by atoms with van der Waals surface area (Å²) in [7, 11) is 6.67. The molecule has 0 aliphatic heterocycles. The van der Waals surface area contributed by atoms with E-state index in [0.717, 1.165) is 5.56 Å². The molecule has 25 heavy (non-hydrogen) atoms. The van der Waals surface area contributed by atoms with Gasteiger partial charge in [0.15, 0.2) is 11.5 Å². The molecular formula is C19H24N2O4. The van der Waals surface area contributed by atoms with Gasteiger partial charge >= 0.3 is 0 Å². The molecule has 0 saturated carbocycles. The van der Waals surface area contributed by atoms with Crippen molar-refractivity contribution in [3.8, 4) is 17.2 Å². The number of likely N-dealkylation sites (N-methyl/N-ethyl adjacent to an activating group) is 1. The highest BCUT2D eigenvalue weighted by atomic mass is 16.5. The number of carbonyl (C=O) groups is 1. The average Bonchev–Trinajstić information content (AvgIpc) is 2.61. The number of nitrogens with zero attached hydrogens (tertiary/aromatic N) is 1. The van der Waals surface area contributed by atoms with Crippen molar-refractivity contribution in [3.05, 3.63) is 48.0 Å². The quantitative estimate of drug-likeness (QED) is 0.798. The summed E-state index contributed by atoms with van der Waals surface area (Å²) in [6.07, 6.45) is 0. The van der Waals surface area contributed by atoms with Crippen LogP contribution in [-0.2, 0) is 11.3 Å². The molecule has 2 aromatic rings. The minimum atomic E-state index is -0.104. The van der Waals surface area contributed by atoms with E-state index in [9.17, 15) is 4.79 Å². The fourth-order valence-corrected chi connectivity index (χ4v) is 2.53. The number of benzene rings is 2. The second-order valence-electron chi connectivity index (χ2n) is 5.61. The van der Waals surface area contributed by atoms with Gasteiger partial charge in [0.25, 0.3) is 0 Å². The van der Waals surface area contributed by atoms with E-state index < -0.39 is 0 Å². The van der Waals surface area contributed by atoms with E-state index in [1.165, 1.54) is 0 Å². The topological polar surface area (TPSA) is 60.0 Å². The lowest BCUT2D eigenvalue weighted by Crippen LogP contribution is -2.29. The van der Waals surface area contributed by atoms with Crippen LogP contribution in [0.2, 0.25) is 0 Å². The highest BCUT2D eigenvalue weighted by molar-refractivity contribution is 5.93. The van der Waals surface area contributed by atoms with Gasteiger partial charge in [-0.1, -0.05) is 18.2 Å². The van der Waals surface area contributed by atoms with Crippen LogP contribution in [0.4, 0.5) is 5.69 Å². The van der Waals surface area contributed by atoms with E-state index >= 15 is 0 Å². The van der Waals surface area contributed by atoms with Crippen molar-refractivity contribution in [2.45, 2.75) is 6.54 Å². The maximum Gasteiger partial charge on any atom is 0.238 e.